The SMILES string of the molecule is CCCNC(=O)c1[nH]c2ccccc2c1C(c1ccccc1)c1ccc(OCCN(C)C)cc1. The third-order valence-corrected chi connectivity index (χ3v) is 5.95. The van der Waals surface area contributed by atoms with Crippen LogP contribution in [0.3, 0.4) is 0 Å². The van der Waals surface area contributed by atoms with E-state index in [0.29, 0.717) is 18.8 Å². The summed E-state index contributed by atoms with van der Waals surface area (Å²) >= 11 is 0. The standard InChI is InChI=1S/C29H33N3O2/c1-4-18-30-29(33)28-27(24-12-8-9-13-25(24)31-28)26(21-10-6-5-7-11-21)22-14-16-23(17-15-22)34-20-19-32(2)3/h5-17,26,31H,4,18-20H2,1-3H3,(H,30,33). The fraction of sp³-hybridized carbons (Fsp3) is 0.276. The van der Waals surface area contributed by atoms with E-state index in [4.69, 9.17) is 4.74 Å². The van der Waals surface area contributed by atoms with E-state index in [1.54, 1.807) is 0 Å². The van der Waals surface area contributed by atoms with Gasteiger partial charge in [-0.3, -0.25) is 4.79 Å². The number of rotatable bonds is 10. The van der Waals surface area contributed by atoms with Crippen molar-refractivity contribution in [2.75, 3.05) is 33.8 Å². The first kappa shape index (κ1) is 23.6. The number of nitrogens with one attached hydrogen (secondary N) is 2. The summed E-state index contributed by atoms with van der Waals surface area (Å²) in [6.45, 7) is 4.20. The molecule has 1 unspecified atom stereocenters. The highest BCUT2D eigenvalue weighted by molar-refractivity contribution is 6.02. The molecule has 0 aliphatic heterocycles. The first-order valence-electron chi connectivity index (χ1n) is 11.9. The first-order chi connectivity index (χ1) is 16.6. The van der Waals surface area contributed by atoms with Gasteiger partial charge in [-0.2, -0.15) is 0 Å². The maximum Gasteiger partial charge on any atom is 0.268 e. The molecule has 3 aromatic carbocycles. The van der Waals surface area contributed by atoms with E-state index in [2.05, 4.69) is 52.5 Å². The van der Waals surface area contributed by atoms with E-state index < -0.39 is 0 Å². The largest absolute Gasteiger partial charge is 0.492 e. The van der Waals surface area contributed by atoms with Crippen LogP contribution >= 0.6 is 0 Å². The molecule has 4 rings (SSSR count). The average Bonchev–Trinajstić information content (AvgIpc) is 3.23. The minimum absolute atomic E-state index is 0.0716. The van der Waals surface area contributed by atoms with E-state index in [1.807, 2.05) is 62.6 Å². The van der Waals surface area contributed by atoms with Crippen molar-refractivity contribution in [3.8, 4) is 5.75 Å². The fourth-order valence-electron chi connectivity index (χ4n) is 4.24. The second-order valence-electron chi connectivity index (χ2n) is 8.78. The number of aromatic nitrogens is 1. The molecule has 4 aromatic rings. The zero-order valence-electron chi connectivity index (χ0n) is 20.2. The van der Waals surface area contributed by atoms with Crippen LogP contribution in [-0.2, 0) is 0 Å². The molecule has 176 valence electrons. The fourth-order valence-corrected chi connectivity index (χ4v) is 4.24. The molecular formula is C29H33N3O2. The van der Waals surface area contributed by atoms with E-state index in [1.165, 1.54) is 0 Å². The van der Waals surface area contributed by atoms with Crippen molar-refractivity contribution < 1.29 is 9.53 Å². The Hall–Kier alpha value is -3.57. The highest BCUT2D eigenvalue weighted by Crippen LogP contribution is 2.39. The Kier molecular flexibility index (Phi) is 7.65. The van der Waals surface area contributed by atoms with Gasteiger partial charge in [0, 0.05) is 35.5 Å². The zero-order valence-corrected chi connectivity index (χ0v) is 20.2. The lowest BCUT2D eigenvalue weighted by Gasteiger charge is -2.20. The van der Waals surface area contributed by atoms with Gasteiger partial charge >= 0.3 is 0 Å². The number of para-hydroxylation sites is 1. The minimum atomic E-state index is -0.101. The van der Waals surface area contributed by atoms with E-state index in [9.17, 15) is 4.79 Å². The smallest absolute Gasteiger partial charge is 0.268 e. The average molecular weight is 456 g/mol. The van der Waals surface area contributed by atoms with E-state index >= 15 is 0 Å². The lowest BCUT2D eigenvalue weighted by atomic mass is 9.83. The van der Waals surface area contributed by atoms with Crippen molar-refractivity contribution in [1.82, 2.24) is 15.2 Å². The van der Waals surface area contributed by atoms with Crippen LogP contribution in [0.2, 0.25) is 0 Å². The second kappa shape index (κ2) is 11.0. The predicted octanol–water partition coefficient (Wildman–Crippen LogP) is 5.43. The van der Waals surface area contributed by atoms with Crippen LogP contribution < -0.4 is 10.1 Å². The van der Waals surface area contributed by atoms with Crippen molar-refractivity contribution in [1.29, 1.82) is 0 Å². The van der Waals surface area contributed by atoms with Gasteiger partial charge in [-0.15, -0.1) is 0 Å². The molecule has 0 saturated carbocycles. The lowest BCUT2D eigenvalue weighted by molar-refractivity contribution is 0.0948. The molecule has 0 fully saturated rings. The summed E-state index contributed by atoms with van der Waals surface area (Å²) in [5.74, 6) is 0.672. The number of nitrogens with zero attached hydrogens (tertiary/aromatic N) is 1. The van der Waals surface area contributed by atoms with Crippen LogP contribution in [0.5, 0.6) is 5.75 Å². The van der Waals surface area contributed by atoms with Gasteiger partial charge in [0.25, 0.3) is 5.91 Å². The van der Waals surface area contributed by atoms with Gasteiger partial charge in [-0.1, -0.05) is 67.6 Å². The Balaban J connectivity index is 1.79. The topological polar surface area (TPSA) is 57.4 Å². The number of benzene rings is 3. The molecule has 0 bridgehead atoms. The van der Waals surface area contributed by atoms with Gasteiger partial charge in [0.15, 0.2) is 0 Å². The van der Waals surface area contributed by atoms with Crippen molar-refractivity contribution in [2.24, 2.45) is 0 Å². The summed E-state index contributed by atoms with van der Waals surface area (Å²) in [5, 5.41) is 4.11. The highest BCUT2D eigenvalue weighted by atomic mass is 16.5. The van der Waals surface area contributed by atoms with E-state index in [-0.39, 0.29) is 11.8 Å². The molecule has 0 aliphatic rings. The van der Waals surface area contributed by atoms with Crippen LogP contribution in [-0.4, -0.2) is 49.6 Å². The Morgan fingerprint density at radius 3 is 2.32 bits per heavy atom. The van der Waals surface area contributed by atoms with Crippen molar-refractivity contribution in [3.63, 3.8) is 0 Å². The molecule has 1 amide bonds. The molecule has 34 heavy (non-hydrogen) atoms. The molecule has 0 radical (unpaired) electrons. The van der Waals surface area contributed by atoms with Crippen LogP contribution in [0.15, 0.2) is 78.9 Å². The van der Waals surface area contributed by atoms with Crippen molar-refractivity contribution in [2.45, 2.75) is 19.3 Å². The van der Waals surface area contributed by atoms with Crippen LogP contribution in [0, 0.1) is 0 Å². The molecule has 0 aliphatic carbocycles. The minimum Gasteiger partial charge on any atom is -0.492 e. The predicted molar refractivity (Wildman–Crippen MR) is 139 cm³/mol. The molecular weight excluding hydrogens is 422 g/mol. The highest BCUT2D eigenvalue weighted by Gasteiger charge is 2.27. The second-order valence-corrected chi connectivity index (χ2v) is 8.78. The van der Waals surface area contributed by atoms with E-state index in [0.717, 1.165) is 46.3 Å². The number of ether oxygens (including phenoxy) is 1. The van der Waals surface area contributed by atoms with Gasteiger partial charge < -0.3 is 19.9 Å². The van der Waals surface area contributed by atoms with Gasteiger partial charge in [-0.05, 0) is 49.8 Å². The number of carbonyl (C=O) groups excluding carboxylic acids is 1. The third kappa shape index (κ3) is 5.32. The van der Waals surface area contributed by atoms with Gasteiger partial charge in [0.05, 0.1) is 0 Å². The number of hydrogen-bond donors (Lipinski definition) is 2. The van der Waals surface area contributed by atoms with Gasteiger partial charge in [-0.25, -0.2) is 0 Å². The molecule has 5 nitrogen and oxygen atoms in total. The summed E-state index contributed by atoms with van der Waals surface area (Å²) in [5.41, 5.74) is 4.83. The number of hydrogen-bond acceptors (Lipinski definition) is 3. The Morgan fingerprint density at radius 1 is 0.941 bits per heavy atom. The molecule has 5 heteroatoms. The summed E-state index contributed by atoms with van der Waals surface area (Å²) in [6, 6.07) is 26.8. The zero-order chi connectivity index (χ0) is 23.9. The molecule has 0 saturated heterocycles. The van der Waals surface area contributed by atoms with Crippen LogP contribution in [0.4, 0.5) is 0 Å². The number of amides is 1. The maximum atomic E-state index is 13.2. The first-order valence-corrected chi connectivity index (χ1v) is 11.9. The number of H-pyrrole nitrogens is 1. The monoisotopic (exact) mass is 455 g/mol. The molecule has 2 N–H and O–H groups in total. The van der Waals surface area contributed by atoms with Crippen LogP contribution in [0.1, 0.15) is 46.4 Å². The summed E-state index contributed by atoms with van der Waals surface area (Å²) < 4.78 is 5.91. The van der Waals surface area contributed by atoms with Gasteiger partial charge in [0.1, 0.15) is 18.1 Å². The summed E-state index contributed by atoms with van der Waals surface area (Å²) in [7, 11) is 4.07. The van der Waals surface area contributed by atoms with Gasteiger partial charge in [0.2, 0.25) is 0 Å². The number of fused-ring (bicyclic) bond motifs is 1. The van der Waals surface area contributed by atoms with Crippen molar-refractivity contribution in [3.05, 3.63) is 101 Å². The molecule has 1 aromatic heterocycles. The lowest BCUT2D eigenvalue weighted by Crippen LogP contribution is -2.26. The molecule has 1 heterocycles. The quantitative estimate of drug-likeness (QED) is 0.335. The normalized spacial score (nSPS) is 12.1. The van der Waals surface area contributed by atoms with Crippen molar-refractivity contribution >= 4 is 16.8 Å². The third-order valence-electron chi connectivity index (χ3n) is 5.95. The maximum absolute atomic E-state index is 13.2. The Morgan fingerprint density at radius 2 is 1.62 bits per heavy atom. The Labute approximate surface area is 201 Å². The number of likely N-dealkylation sites (N-methyl/N-ethyl adjacent to an activating group) is 1. The summed E-state index contributed by atoms with van der Waals surface area (Å²) in [6.07, 6.45) is 0.888. The molecule has 1 atom stereocenters. The van der Waals surface area contributed by atoms with Crippen LogP contribution in [0.25, 0.3) is 10.9 Å². The number of aromatic amines is 1. The molecule has 0 spiro atoms. The summed E-state index contributed by atoms with van der Waals surface area (Å²) in [4.78, 5) is 18.7. The number of carbonyl (C=O) groups is 1. The Bertz CT molecular complexity index is 1210.